The summed E-state index contributed by atoms with van der Waals surface area (Å²) in [4.78, 5) is 23.2. The molecule has 1 N–H and O–H groups in total. The molecule has 0 radical (unpaired) electrons. The first-order chi connectivity index (χ1) is 9.04. The molecular formula is C13H17NO4S. The molecule has 0 fully saturated rings. The third-order valence-corrected chi connectivity index (χ3v) is 3.87. The lowest BCUT2D eigenvalue weighted by Gasteiger charge is -2.14. The molecule has 0 bridgehead atoms. The van der Waals surface area contributed by atoms with Gasteiger partial charge in [0.25, 0.3) is 0 Å². The highest BCUT2D eigenvalue weighted by molar-refractivity contribution is 7.85. The normalized spacial score (nSPS) is 13.4. The Kier molecular flexibility index (Phi) is 6.21. The van der Waals surface area contributed by atoms with E-state index in [0.29, 0.717) is 4.90 Å². The minimum atomic E-state index is -1.20. The van der Waals surface area contributed by atoms with E-state index in [4.69, 9.17) is 0 Å². The molecular weight excluding hydrogens is 266 g/mol. The van der Waals surface area contributed by atoms with E-state index in [1.807, 2.05) is 6.07 Å². The van der Waals surface area contributed by atoms with Gasteiger partial charge in [-0.2, -0.15) is 0 Å². The van der Waals surface area contributed by atoms with E-state index >= 15 is 0 Å². The number of carbonyl (C=O) groups excluding carboxylic acids is 2. The molecule has 2 atom stereocenters. The first kappa shape index (κ1) is 15.4. The zero-order valence-electron chi connectivity index (χ0n) is 10.9. The van der Waals surface area contributed by atoms with Crippen LogP contribution in [0.2, 0.25) is 0 Å². The van der Waals surface area contributed by atoms with Gasteiger partial charge >= 0.3 is 5.97 Å². The molecule has 0 aromatic heterocycles. The van der Waals surface area contributed by atoms with Crippen LogP contribution >= 0.6 is 0 Å². The van der Waals surface area contributed by atoms with Crippen molar-refractivity contribution in [2.75, 3.05) is 12.9 Å². The van der Waals surface area contributed by atoms with Gasteiger partial charge in [0, 0.05) is 17.6 Å². The summed E-state index contributed by atoms with van der Waals surface area (Å²) in [5, 5.41) is 2.49. The van der Waals surface area contributed by atoms with E-state index < -0.39 is 22.8 Å². The maximum atomic E-state index is 12.0. The third kappa shape index (κ3) is 5.21. The van der Waals surface area contributed by atoms with E-state index in [9.17, 15) is 13.8 Å². The minimum absolute atomic E-state index is 0.272. The molecule has 0 saturated carbocycles. The van der Waals surface area contributed by atoms with Gasteiger partial charge in [0.2, 0.25) is 5.91 Å². The van der Waals surface area contributed by atoms with Crippen molar-refractivity contribution in [1.82, 2.24) is 5.32 Å². The Morgan fingerprint density at radius 3 is 2.47 bits per heavy atom. The van der Waals surface area contributed by atoms with Crippen molar-refractivity contribution in [2.45, 2.75) is 24.3 Å². The van der Waals surface area contributed by atoms with E-state index in [-0.39, 0.29) is 18.1 Å². The lowest BCUT2D eigenvalue weighted by atomic mass is 10.2. The number of ether oxygens (including phenoxy) is 1. The van der Waals surface area contributed by atoms with Crippen LogP contribution in [-0.4, -0.2) is 35.0 Å². The van der Waals surface area contributed by atoms with E-state index in [1.54, 1.807) is 24.3 Å². The highest BCUT2D eigenvalue weighted by atomic mass is 32.2. The Balaban J connectivity index is 2.59. The van der Waals surface area contributed by atoms with Crippen LogP contribution in [0.15, 0.2) is 35.2 Å². The number of hydrogen-bond donors (Lipinski definition) is 1. The van der Waals surface area contributed by atoms with E-state index in [0.717, 1.165) is 0 Å². The number of benzene rings is 1. The highest BCUT2D eigenvalue weighted by Gasteiger charge is 2.20. The van der Waals surface area contributed by atoms with Crippen LogP contribution in [0, 0.1) is 0 Å². The summed E-state index contributed by atoms with van der Waals surface area (Å²) in [5.74, 6) is -0.564. The molecule has 0 aliphatic heterocycles. The molecule has 0 aliphatic rings. The maximum absolute atomic E-state index is 12.0. The SMILES string of the molecule is COC(=O)[C@@H](CC[S@](=O)c1ccccc1)NC(C)=O. The monoisotopic (exact) mass is 283 g/mol. The van der Waals surface area contributed by atoms with Crippen LogP contribution in [0.3, 0.4) is 0 Å². The van der Waals surface area contributed by atoms with Crippen molar-refractivity contribution in [2.24, 2.45) is 0 Å². The van der Waals surface area contributed by atoms with Crippen LogP contribution in [0.1, 0.15) is 13.3 Å². The van der Waals surface area contributed by atoms with Crippen LogP contribution in [0.4, 0.5) is 0 Å². The predicted octanol–water partition coefficient (Wildman–Crippen LogP) is 0.862. The van der Waals surface area contributed by atoms with E-state index in [1.165, 1.54) is 14.0 Å². The maximum Gasteiger partial charge on any atom is 0.328 e. The summed E-state index contributed by atoms with van der Waals surface area (Å²) in [5.41, 5.74) is 0. The second-order valence-corrected chi connectivity index (χ2v) is 5.50. The van der Waals surface area contributed by atoms with Crippen molar-refractivity contribution < 1.29 is 18.5 Å². The number of nitrogens with one attached hydrogen (secondary N) is 1. The summed E-state index contributed by atoms with van der Waals surface area (Å²) < 4.78 is 16.6. The molecule has 0 spiro atoms. The van der Waals surface area contributed by atoms with Crippen molar-refractivity contribution >= 4 is 22.7 Å². The molecule has 5 nitrogen and oxygen atoms in total. The van der Waals surface area contributed by atoms with Gasteiger partial charge in [0.15, 0.2) is 0 Å². The second-order valence-electron chi connectivity index (χ2n) is 3.93. The Labute approximate surface area is 114 Å². The Hall–Kier alpha value is -1.69. The van der Waals surface area contributed by atoms with Crippen LogP contribution in [0.25, 0.3) is 0 Å². The molecule has 0 unspecified atom stereocenters. The number of carbonyl (C=O) groups is 2. The fourth-order valence-corrected chi connectivity index (χ4v) is 2.70. The van der Waals surface area contributed by atoms with Crippen molar-refractivity contribution in [3.63, 3.8) is 0 Å². The van der Waals surface area contributed by atoms with Crippen molar-refractivity contribution in [3.8, 4) is 0 Å². The number of rotatable bonds is 6. The smallest absolute Gasteiger partial charge is 0.328 e. The van der Waals surface area contributed by atoms with Gasteiger partial charge in [-0.25, -0.2) is 4.79 Å². The molecule has 1 aromatic carbocycles. The van der Waals surface area contributed by atoms with Crippen LogP contribution in [-0.2, 0) is 25.1 Å². The predicted molar refractivity (Wildman–Crippen MR) is 72.0 cm³/mol. The topological polar surface area (TPSA) is 72.5 Å². The average Bonchev–Trinajstić information content (AvgIpc) is 2.42. The largest absolute Gasteiger partial charge is 0.467 e. The molecule has 6 heteroatoms. The van der Waals surface area contributed by atoms with Gasteiger partial charge in [0.1, 0.15) is 6.04 Å². The number of methoxy groups -OCH3 is 1. The lowest BCUT2D eigenvalue weighted by molar-refractivity contribution is -0.144. The fourth-order valence-electron chi connectivity index (χ4n) is 1.55. The fraction of sp³-hybridized carbons (Fsp3) is 0.385. The molecule has 0 aliphatic carbocycles. The standard InChI is InChI=1S/C13H17NO4S/c1-10(15)14-12(13(16)18-2)8-9-19(17)11-6-4-3-5-7-11/h3-7,12H,8-9H2,1-2H3,(H,14,15)/t12-,19+/m1/s1. The number of amides is 1. The zero-order chi connectivity index (χ0) is 14.3. The summed E-state index contributed by atoms with van der Waals surface area (Å²) in [6.07, 6.45) is 0.272. The minimum Gasteiger partial charge on any atom is -0.467 e. The average molecular weight is 283 g/mol. The van der Waals surface area contributed by atoms with Gasteiger partial charge in [-0.15, -0.1) is 0 Å². The van der Waals surface area contributed by atoms with Crippen LogP contribution in [0.5, 0.6) is 0 Å². The molecule has 1 aromatic rings. The summed E-state index contributed by atoms with van der Waals surface area (Å²) in [6.45, 7) is 1.32. The van der Waals surface area contributed by atoms with Gasteiger partial charge in [-0.05, 0) is 18.6 Å². The number of hydrogen-bond acceptors (Lipinski definition) is 4. The van der Waals surface area contributed by atoms with Gasteiger partial charge < -0.3 is 10.1 Å². The Morgan fingerprint density at radius 2 is 1.95 bits per heavy atom. The van der Waals surface area contributed by atoms with Gasteiger partial charge in [-0.1, -0.05) is 18.2 Å². The first-order valence-electron chi connectivity index (χ1n) is 5.83. The zero-order valence-corrected chi connectivity index (χ0v) is 11.7. The van der Waals surface area contributed by atoms with Gasteiger partial charge in [-0.3, -0.25) is 9.00 Å². The molecule has 0 saturated heterocycles. The molecule has 0 heterocycles. The molecule has 1 rings (SSSR count). The van der Waals surface area contributed by atoms with Crippen molar-refractivity contribution in [1.29, 1.82) is 0 Å². The summed E-state index contributed by atoms with van der Waals surface area (Å²) >= 11 is 0. The molecule has 104 valence electrons. The third-order valence-electron chi connectivity index (χ3n) is 2.46. The summed E-state index contributed by atoms with van der Waals surface area (Å²) in [7, 11) is 0.0588. The van der Waals surface area contributed by atoms with Gasteiger partial charge in [0.05, 0.1) is 17.9 Å². The highest BCUT2D eigenvalue weighted by Crippen LogP contribution is 2.08. The van der Waals surface area contributed by atoms with E-state index in [2.05, 4.69) is 10.1 Å². The van der Waals surface area contributed by atoms with Crippen molar-refractivity contribution in [3.05, 3.63) is 30.3 Å². The second kappa shape index (κ2) is 7.68. The summed E-state index contributed by atoms with van der Waals surface area (Å²) in [6, 6.07) is 8.23. The lowest BCUT2D eigenvalue weighted by Crippen LogP contribution is -2.41. The Bertz CT molecular complexity index is 461. The molecule has 1 amide bonds. The number of esters is 1. The first-order valence-corrected chi connectivity index (χ1v) is 7.15. The Morgan fingerprint density at radius 1 is 1.32 bits per heavy atom. The molecule has 19 heavy (non-hydrogen) atoms. The quantitative estimate of drug-likeness (QED) is 0.786. The van der Waals surface area contributed by atoms with Crippen LogP contribution < -0.4 is 5.32 Å².